The van der Waals surface area contributed by atoms with Crippen molar-refractivity contribution < 1.29 is 4.74 Å². The summed E-state index contributed by atoms with van der Waals surface area (Å²) in [6, 6.07) is 1.99. The van der Waals surface area contributed by atoms with Crippen molar-refractivity contribution in [3.05, 3.63) is 6.20 Å². The van der Waals surface area contributed by atoms with E-state index in [-0.39, 0.29) is 0 Å². The van der Waals surface area contributed by atoms with Crippen LogP contribution in [0.25, 0.3) is 0 Å². The number of nitrogens with two attached hydrogens (primary N) is 1. The van der Waals surface area contributed by atoms with E-state index < -0.39 is 0 Å². The summed E-state index contributed by atoms with van der Waals surface area (Å²) in [5.74, 6) is 0.400. The molecule has 0 aliphatic carbocycles. The van der Waals surface area contributed by atoms with Crippen LogP contribution in [-0.4, -0.2) is 28.2 Å². The number of nitrogen functional groups attached to an aromatic ring is 1. The van der Waals surface area contributed by atoms with Crippen LogP contribution in [0.2, 0.25) is 0 Å². The molecular formula is C7H11N5O. The van der Waals surface area contributed by atoms with Crippen LogP contribution in [0.3, 0.4) is 0 Å². The van der Waals surface area contributed by atoms with Crippen molar-refractivity contribution in [1.82, 2.24) is 15.0 Å². The highest BCUT2D eigenvalue weighted by molar-refractivity contribution is 5.19. The van der Waals surface area contributed by atoms with Crippen molar-refractivity contribution in [2.45, 2.75) is 13.0 Å². The summed E-state index contributed by atoms with van der Waals surface area (Å²) >= 11 is 0. The molecule has 6 nitrogen and oxygen atoms in total. The fourth-order valence-corrected chi connectivity index (χ4v) is 0.801. The molecule has 0 amide bonds. The molecule has 0 bridgehead atoms. The number of nitrogens with zero attached hydrogens (tertiary/aromatic N) is 4. The van der Waals surface area contributed by atoms with E-state index in [2.05, 4.69) is 10.3 Å². The van der Waals surface area contributed by atoms with Crippen LogP contribution in [0.4, 0.5) is 5.82 Å². The van der Waals surface area contributed by atoms with Gasteiger partial charge in [0.25, 0.3) is 0 Å². The minimum Gasteiger partial charge on any atom is -0.381 e. The maximum absolute atomic E-state index is 8.21. The largest absolute Gasteiger partial charge is 0.381 e. The lowest BCUT2D eigenvalue weighted by Gasteiger charge is -2.00. The average molecular weight is 181 g/mol. The molecule has 1 aromatic rings. The van der Waals surface area contributed by atoms with Gasteiger partial charge in [0.05, 0.1) is 38.4 Å². The molecule has 0 radical (unpaired) electrons. The Morgan fingerprint density at radius 3 is 3.08 bits per heavy atom. The Labute approximate surface area is 75.9 Å². The van der Waals surface area contributed by atoms with Crippen molar-refractivity contribution in [3.63, 3.8) is 0 Å². The van der Waals surface area contributed by atoms with E-state index in [0.717, 1.165) is 0 Å². The third-order valence-corrected chi connectivity index (χ3v) is 1.38. The standard InChI is InChI=1S/C7H11N5O/c8-2-1-4-13-5-3-12-6-7(9)10-11-12/h6H,1,3-5,9H2. The average Bonchev–Trinajstić information content (AvgIpc) is 2.51. The van der Waals surface area contributed by atoms with E-state index in [9.17, 15) is 0 Å². The number of anilines is 1. The predicted molar refractivity (Wildman–Crippen MR) is 45.5 cm³/mol. The highest BCUT2D eigenvalue weighted by Gasteiger charge is 1.95. The maximum atomic E-state index is 8.21. The third kappa shape index (κ3) is 3.53. The van der Waals surface area contributed by atoms with Gasteiger partial charge in [-0.1, -0.05) is 5.21 Å². The molecule has 0 aromatic carbocycles. The number of rotatable bonds is 5. The van der Waals surface area contributed by atoms with Crippen LogP contribution in [0.15, 0.2) is 6.20 Å². The molecule has 0 unspecified atom stereocenters. The monoisotopic (exact) mass is 181 g/mol. The summed E-state index contributed by atoms with van der Waals surface area (Å²) in [6.45, 7) is 1.58. The number of hydrogen-bond acceptors (Lipinski definition) is 5. The molecule has 0 atom stereocenters. The third-order valence-electron chi connectivity index (χ3n) is 1.38. The summed E-state index contributed by atoms with van der Waals surface area (Å²) in [6.07, 6.45) is 2.05. The number of nitriles is 1. The van der Waals surface area contributed by atoms with Gasteiger partial charge in [-0.25, -0.2) is 4.68 Å². The Morgan fingerprint density at radius 2 is 2.46 bits per heavy atom. The topological polar surface area (TPSA) is 89.8 Å². The SMILES string of the molecule is N#CCCOCCn1cc(N)nn1. The molecule has 0 fully saturated rings. The molecule has 1 rings (SSSR count). The van der Waals surface area contributed by atoms with E-state index in [1.807, 2.05) is 6.07 Å². The van der Waals surface area contributed by atoms with Crippen LogP contribution in [0.5, 0.6) is 0 Å². The lowest BCUT2D eigenvalue weighted by molar-refractivity contribution is 0.128. The van der Waals surface area contributed by atoms with Gasteiger partial charge in [0.15, 0.2) is 5.82 Å². The van der Waals surface area contributed by atoms with Gasteiger partial charge in [-0.15, -0.1) is 5.10 Å². The fourth-order valence-electron chi connectivity index (χ4n) is 0.801. The molecule has 0 saturated heterocycles. The van der Waals surface area contributed by atoms with Crippen molar-refractivity contribution in [3.8, 4) is 6.07 Å². The summed E-state index contributed by atoms with van der Waals surface area (Å²) in [5, 5.41) is 15.6. The normalized spacial score (nSPS) is 9.77. The summed E-state index contributed by atoms with van der Waals surface area (Å²) in [7, 11) is 0. The van der Waals surface area contributed by atoms with Crippen LogP contribution in [-0.2, 0) is 11.3 Å². The zero-order valence-corrected chi connectivity index (χ0v) is 7.18. The van der Waals surface area contributed by atoms with Gasteiger partial charge >= 0.3 is 0 Å². The molecule has 70 valence electrons. The number of hydrogen-bond donors (Lipinski definition) is 1. The Hall–Kier alpha value is -1.61. The molecule has 0 saturated carbocycles. The summed E-state index contributed by atoms with van der Waals surface area (Å²) < 4.78 is 6.73. The number of aromatic nitrogens is 3. The van der Waals surface area contributed by atoms with Crippen LogP contribution >= 0.6 is 0 Å². The highest BCUT2D eigenvalue weighted by Crippen LogP contribution is 1.92. The van der Waals surface area contributed by atoms with Gasteiger partial charge in [0.1, 0.15) is 0 Å². The van der Waals surface area contributed by atoms with Crippen LogP contribution in [0, 0.1) is 11.3 Å². The Kier molecular flexibility index (Phi) is 3.73. The molecule has 0 aliphatic heterocycles. The van der Waals surface area contributed by atoms with Gasteiger partial charge in [0, 0.05) is 0 Å². The van der Waals surface area contributed by atoms with E-state index in [1.54, 1.807) is 10.9 Å². The Balaban J connectivity index is 2.10. The predicted octanol–water partition coefficient (Wildman–Crippen LogP) is -0.209. The summed E-state index contributed by atoms with van der Waals surface area (Å²) in [5.41, 5.74) is 5.35. The minimum absolute atomic E-state index is 0.400. The molecule has 2 N–H and O–H groups in total. The van der Waals surface area contributed by atoms with E-state index in [4.69, 9.17) is 15.7 Å². The molecule has 0 aliphatic rings. The van der Waals surface area contributed by atoms with Crippen molar-refractivity contribution in [1.29, 1.82) is 5.26 Å². The second-order valence-corrected chi connectivity index (χ2v) is 2.43. The maximum Gasteiger partial charge on any atom is 0.165 e. The van der Waals surface area contributed by atoms with E-state index >= 15 is 0 Å². The molecule has 1 heterocycles. The zero-order valence-electron chi connectivity index (χ0n) is 7.18. The smallest absolute Gasteiger partial charge is 0.165 e. The van der Waals surface area contributed by atoms with Crippen molar-refractivity contribution in [2.24, 2.45) is 0 Å². The first-order chi connectivity index (χ1) is 6.33. The van der Waals surface area contributed by atoms with Crippen molar-refractivity contribution in [2.75, 3.05) is 18.9 Å². The fraction of sp³-hybridized carbons (Fsp3) is 0.571. The molecular weight excluding hydrogens is 170 g/mol. The van der Waals surface area contributed by atoms with Crippen LogP contribution in [0.1, 0.15) is 6.42 Å². The quantitative estimate of drug-likeness (QED) is 0.635. The van der Waals surface area contributed by atoms with Crippen molar-refractivity contribution >= 4 is 5.82 Å². The lowest BCUT2D eigenvalue weighted by Crippen LogP contribution is -2.07. The molecule has 13 heavy (non-hydrogen) atoms. The molecule has 0 spiro atoms. The van der Waals surface area contributed by atoms with Gasteiger partial charge in [-0.3, -0.25) is 0 Å². The second-order valence-electron chi connectivity index (χ2n) is 2.43. The van der Waals surface area contributed by atoms with Gasteiger partial charge in [-0.05, 0) is 0 Å². The minimum atomic E-state index is 0.400. The first-order valence-corrected chi connectivity index (χ1v) is 3.93. The van der Waals surface area contributed by atoms with Crippen LogP contribution < -0.4 is 5.73 Å². The van der Waals surface area contributed by atoms with E-state index in [0.29, 0.717) is 32.0 Å². The first kappa shape index (κ1) is 9.48. The van der Waals surface area contributed by atoms with Gasteiger partial charge in [-0.2, -0.15) is 5.26 Å². The highest BCUT2D eigenvalue weighted by atomic mass is 16.5. The summed E-state index contributed by atoms with van der Waals surface area (Å²) in [4.78, 5) is 0. The Morgan fingerprint density at radius 1 is 1.62 bits per heavy atom. The lowest BCUT2D eigenvalue weighted by atomic mass is 10.5. The van der Waals surface area contributed by atoms with Gasteiger partial charge in [0.2, 0.25) is 0 Å². The van der Waals surface area contributed by atoms with E-state index in [1.165, 1.54) is 0 Å². The zero-order chi connectivity index (χ0) is 9.52. The molecule has 1 aromatic heterocycles. The second kappa shape index (κ2) is 5.11. The Bertz CT molecular complexity index is 289. The first-order valence-electron chi connectivity index (χ1n) is 3.93. The molecule has 6 heteroatoms. The van der Waals surface area contributed by atoms with Gasteiger partial charge < -0.3 is 10.5 Å². The number of ether oxygens (including phenoxy) is 1.